The second-order valence-corrected chi connectivity index (χ2v) is 6.39. The molecule has 1 aliphatic heterocycles. The van der Waals surface area contributed by atoms with Crippen LogP contribution in [-0.4, -0.2) is 37.0 Å². The maximum absolute atomic E-state index is 13.7. The minimum Gasteiger partial charge on any atom is -0.395 e. The molecule has 1 heterocycles. The van der Waals surface area contributed by atoms with Crippen molar-refractivity contribution in [3.63, 3.8) is 0 Å². The molecule has 4 nitrogen and oxygen atoms in total. The van der Waals surface area contributed by atoms with E-state index in [4.69, 9.17) is 0 Å². The Morgan fingerprint density at radius 2 is 2.22 bits per heavy atom. The lowest BCUT2D eigenvalue weighted by Crippen LogP contribution is -2.38. The monoisotopic (exact) mass is 273 g/mol. The van der Waals surface area contributed by atoms with Gasteiger partial charge in [0.1, 0.15) is 10.7 Å². The van der Waals surface area contributed by atoms with Gasteiger partial charge in [-0.15, -0.1) is 0 Å². The van der Waals surface area contributed by atoms with E-state index in [9.17, 15) is 17.9 Å². The van der Waals surface area contributed by atoms with Crippen LogP contribution in [0.15, 0.2) is 23.1 Å². The summed E-state index contributed by atoms with van der Waals surface area (Å²) >= 11 is 0. The highest BCUT2D eigenvalue weighted by Gasteiger charge is 2.36. The molecule has 1 aromatic rings. The van der Waals surface area contributed by atoms with E-state index in [0.717, 1.165) is 6.07 Å². The molecular formula is C12H16FNO3S. The maximum atomic E-state index is 13.7. The lowest BCUT2D eigenvalue weighted by molar-refractivity contribution is 0.213. The number of sulfonamides is 1. The smallest absolute Gasteiger partial charge is 0.246 e. The molecule has 0 spiro atoms. The fourth-order valence-corrected chi connectivity index (χ4v) is 4.08. The second-order valence-electron chi connectivity index (χ2n) is 4.53. The average molecular weight is 273 g/mol. The highest BCUT2D eigenvalue weighted by Crippen LogP contribution is 2.27. The minimum atomic E-state index is -3.85. The Morgan fingerprint density at radius 1 is 1.50 bits per heavy atom. The summed E-state index contributed by atoms with van der Waals surface area (Å²) in [5.74, 6) is -0.746. The normalized spacial score (nSPS) is 21.4. The lowest BCUT2D eigenvalue weighted by Gasteiger charge is -2.22. The highest BCUT2D eigenvalue weighted by atomic mass is 32.2. The maximum Gasteiger partial charge on any atom is 0.246 e. The number of benzene rings is 1. The molecule has 2 rings (SSSR count). The summed E-state index contributed by atoms with van der Waals surface area (Å²) in [5, 5.41) is 9.17. The first-order valence-electron chi connectivity index (χ1n) is 5.85. The summed E-state index contributed by atoms with van der Waals surface area (Å²) in [6, 6.07) is 3.58. The van der Waals surface area contributed by atoms with E-state index in [1.54, 1.807) is 6.92 Å². The molecule has 0 radical (unpaired) electrons. The van der Waals surface area contributed by atoms with E-state index >= 15 is 0 Å². The number of aliphatic hydroxyl groups is 1. The topological polar surface area (TPSA) is 57.6 Å². The van der Waals surface area contributed by atoms with Gasteiger partial charge in [-0.3, -0.25) is 0 Å². The molecule has 0 amide bonds. The molecule has 0 aliphatic carbocycles. The molecule has 1 atom stereocenters. The summed E-state index contributed by atoms with van der Waals surface area (Å²) in [4.78, 5) is -0.303. The molecule has 0 saturated carbocycles. The van der Waals surface area contributed by atoms with Crippen LogP contribution < -0.4 is 0 Å². The summed E-state index contributed by atoms with van der Waals surface area (Å²) in [6.45, 7) is 1.82. The quantitative estimate of drug-likeness (QED) is 0.902. The molecule has 1 aromatic carbocycles. The zero-order valence-electron chi connectivity index (χ0n) is 10.1. The summed E-state index contributed by atoms with van der Waals surface area (Å²) < 4.78 is 39.6. The van der Waals surface area contributed by atoms with Gasteiger partial charge in [-0.25, -0.2) is 12.8 Å². The third-order valence-corrected chi connectivity index (χ3v) is 5.17. The van der Waals surface area contributed by atoms with E-state index in [0.29, 0.717) is 24.9 Å². The molecule has 0 bridgehead atoms. The zero-order chi connectivity index (χ0) is 13.3. The van der Waals surface area contributed by atoms with Gasteiger partial charge in [0.15, 0.2) is 0 Å². The molecule has 1 aliphatic rings. The molecule has 6 heteroatoms. The van der Waals surface area contributed by atoms with E-state index in [-0.39, 0.29) is 11.5 Å². The Labute approximate surface area is 106 Å². The van der Waals surface area contributed by atoms with E-state index in [1.165, 1.54) is 16.4 Å². The SMILES string of the molecule is Cc1ccc(F)c(S(=O)(=O)N2CCC[C@H]2CO)c1. The molecule has 1 saturated heterocycles. The van der Waals surface area contributed by atoms with Crippen molar-refractivity contribution < 1.29 is 17.9 Å². The Balaban J connectivity index is 2.45. The van der Waals surface area contributed by atoms with E-state index in [2.05, 4.69) is 0 Å². The summed E-state index contributed by atoms with van der Waals surface area (Å²) in [6.07, 6.45) is 1.31. The van der Waals surface area contributed by atoms with Crippen LogP contribution in [0, 0.1) is 12.7 Å². The molecular weight excluding hydrogens is 257 g/mol. The van der Waals surface area contributed by atoms with E-state index < -0.39 is 21.9 Å². The highest BCUT2D eigenvalue weighted by molar-refractivity contribution is 7.89. The van der Waals surface area contributed by atoms with Crippen LogP contribution in [0.25, 0.3) is 0 Å². The van der Waals surface area contributed by atoms with Crippen molar-refractivity contribution in [2.75, 3.05) is 13.2 Å². The van der Waals surface area contributed by atoms with Gasteiger partial charge in [0.2, 0.25) is 10.0 Å². The number of halogens is 1. The molecule has 1 N–H and O–H groups in total. The Morgan fingerprint density at radius 3 is 2.89 bits per heavy atom. The van der Waals surface area contributed by atoms with Crippen LogP contribution in [0.2, 0.25) is 0 Å². The molecule has 1 fully saturated rings. The van der Waals surface area contributed by atoms with Crippen molar-refractivity contribution in [2.24, 2.45) is 0 Å². The van der Waals surface area contributed by atoms with Crippen molar-refractivity contribution in [2.45, 2.75) is 30.7 Å². The molecule has 18 heavy (non-hydrogen) atoms. The number of aryl methyl sites for hydroxylation is 1. The predicted molar refractivity (Wildman–Crippen MR) is 65.1 cm³/mol. The third-order valence-electron chi connectivity index (χ3n) is 3.21. The van der Waals surface area contributed by atoms with Gasteiger partial charge >= 0.3 is 0 Å². The van der Waals surface area contributed by atoms with Gasteiger partial charge in [-0.2, -0.15) is 4.31 Å². The van der Waals surface area contributed by atoms with Crippen molar-refractivity contribution in [1.29, 1.82) is 0 Å². The number of hydrogen-bond acceptors (Lipinski definition) is 3. The van der Waals surface area contributed by atoms with Gasteiger partial charge in [0, 0.05) is 12.6 Å². The second kappa shape index (κ2) is 4.95. The van der Waals surface area contributed by atoms with Crippen LogP contribution in [-0.2, 0) is 10.0 Å². The number of nitrogens with zero attached hydrogens (tertiary/aromatic N) is 1. The number of hydrogen-bond donors (Lipinski definition) is 1. The average Bonchev–Trinajstić information content (AvgIpc) is 2.81. The van der Waals surface area contributed by atoms with Gasteiger partial charge in [-0.1, -0.05) is 6.07 Å². The van der Waals surface area contributed by atoms with Gasteiger partial charge in [-0.05, 0) is 37.5 Å². The molecule has 0 aromatic heterocycles. The third kappa shape index (κ3) is 2.28. The van der Waals surface area contributed by atoms with Gasteiger partial charge < -0.3 is 5.11 Å². The first kappa shape index (κ1) is 13.5. The van der Waals surface area contributed by atoms with Crippen molar-refractivity contribution in [1.82, 2.24) is 4.31 Å². The summed E-state index contributed by atoms with van der Waals surface area (Å²) in [5.41, 5.74) is 0.690. The van der Waals surface area contributed by atoms with Crippen molar-refractivity contribution >= 4 is 10.0 Å². The predicted octanol–water partition coefficient (Wildman–Crippen LogP) is 1.28. The number of rotatable bonds is 3. The van der Waals surface area contributed by atoms with Crippen LogP contribution in [0.3, 0.4) is 0 Å². The standard InChI is InChI=1S/C12H16FNO3S/c1-9-4-5-11(13)12(7-9)18(16,17)14-6-2-3-10(14)8-15/h4-5,7,10,15H,2-3,6,8H2,1H3/t10-/m0/s1. The Hall–Kier alpha value is -0.980. The van der Waals surface area contributed by atoms with Crippen LogP contribution in [0.5, 0.6) is 0 Å². The summed E-state index contributed by atoms with van der Waals surface area (Å²) in [7, 11) is -3.85. The molecule has 0 unspecified atom stereocenters. The lowest BCUT2D eigenvalue weighted by atomic mass is 10.2. The fourth-order valence-electron chi connectivity index (χ4n) is 2.24. The largest absolute Gasteiger partial charge is 0.395 e. The van der Waals surface area contributed by atoms with Crippen LogP contribution >= 0.6 is 0 Å². The Kier molecular flexibility index (Phi) is 3.70. The first-order valence-corrected chi connectivity index (χ1v) is 7.29. The number of aliphatic hydroxyl groups excluding tert-OH is 1. The van der Waals surface area contributed by atoms with Crippen molar-refractivity contribution in [3.05, 3.63) is 29.6 Å². The Bertz CT molecular complexity index is 544. The molecule has 100 valence electrons. The minimum absolute atomic E-state index is 0.229. The van der Waals surface area contributed by atoms with Crippen LogP contribution in [0.1, 0.15) is 18.4 Å². The van der Waals surface area contributed by atoms with E-state index in [1.807, 2.05) is 0 Å². The zero-order valence-corrected chi connectivity index (χ0v) is 11.0. The van der Waals surface area contributed by atoms with Crippen molar-refractivity contribution in [3.8, 4) is 0 Å². The van der Waals surface area contributed by atoms with Gasteiger partial charge in [0.25, 0.3) is 0 Å². The van der Waals surface area contributed by atoms with Crippen LogP contribution in [0.4, 0.5) is 4.39 Å². The fraction of sp³-hybridized carbons (Fsp3) is 0.500. The first-order chi connectivity index (χ1) is 8.46. The van der Waals surface area contributed by atoms with Gasteiger partial charge in [0.05, 0.1) is 6.61 Å².